The van der Waals surface area contributed by atoms with E-state index in [-0.39, 0.29) is 11.0 Å². The summed E-state index contributed by atoms with van der Waals surface area (Å²) in [4.78, 5) is 2.54. The van der Waals surface area contributed by atoms with Crippen molar-refractivity contribution in [2.75, 3.05) is 6.54 Å². The topological polar surface area (TPSA) is 31.9 Å². The minimum absolute atomic E-state index is 0.130. The lowest BCUT2D eigenvalue weighted by Crippen LogP contribution is -2.44. The van der Waals surface area contributed by atoms with Gasteiger partial charge in [-0.05, 0) is 20.8 Å². The molecule has 0 amide bonds. The number of rotatable bonds is 0. The van der Waals surface area contributed by atoms with Crippen molar-refractivity contribution in [1.29, 1.82) is 0 Å². The smallest absolute Gasteiger partial charge is 0.0723 e. The molecule has 0 saturated heterocycles. The Bertz CT molecular complexity index is 404. The molecule has 3 heteroatoms. The lowest BCUT2D eigenvalue weighted by molar-refractivity contribution is 0.119. The van der Waals surface area contributed by atoms with Gasteiger partial charge < -0.3 is 0 Å². The first kappa shape index (κ1) is 12.6. The highest BCUT2D eigenvalue weighted by atomic mass is 15.2. The van der Waals surface area contributed by atoms with Crippen LogP contribution in [0.15, 0.2) is 0 Å². The zero-order valence-electron chi connectivity index (χ0n) is 12.0. The zero-order valence-corrected chi connectivity index (χ0v) is 12.0. The van der Waals surface area contributed by atoms with E-state index in [1.54, 1.807) is 0 Å². The fourth-order valence-corrected chi connectivity index (χ4v) is 2.49. The summed E-state index contributed by atoms with van der Waals surface area (Å²) in [6.45, 7) is 15.7. The maximum absolute atomic E-state index is 4.53. The Balaban J connectivity index is 2.33. The van der Waals surface area contributed by atoms with E-state index >= 15 is 0 Å². The molecule has 0 saturated carbocycles. The molecule has 1 aliphatic heterocycles. The molecule has 0 spiro atoms. The fraction of sp³-hybridized carbons (Fsp3) is 0.786. The van der Waals surface area contributed by atoms with Crippen molar-refractivity contribution in [3.63, 3.8) is 0 Å². The Morgan fingerprint density at radius 1 is 1.12 bits per heavy atom. The van der Waals surface area contributed by atoms with Crippen LogP contribution in [-0.2, 0) is 18.4 Å². The number of nitrogens with one attached hydrogen (secondary N) is 1. The van der Waals surface area contributed by atoms with Crippen LogP contribution in [0.2, 0.25) is 0 Å². The van der Waals surface area contributed by atoms with Gasteiger partial charge in [0, 0.05) is 41.7 Å². The third-order valence-electron chi connectivity index (χ3n) is 3.59. The summed E-state index contributed by atoms with van der Waals surface area (Å²) >= 11 is 0. The molecule has 3 nitrogen and oxygen atoms in total. The Kier molecular flexibility index (Phi) is 2.85. The van der Waals surface area contributed by atoms with Crippen molar-refractivity contribution in [2.45, 2.75) is 65.5 Å². The molecule has 1 N–H and O–H groups in total. The number of nitrogens with zero attached hydrogens (tertiary/aromatic N) is 2. The van der Waals surface area contributed by atoms with Crippen LogP contribution in [-0.4, -0.2) is 27.2 Å². The second-order valence-corrected chi connectivity index (χ2v) is 7.12. The van der Waals surface area contributed by atoms with E-state index in [0.717, 1.165) is 19.5 Å². The lowest BCUT2D eigenvalue weighted by atomic mass is 9.86. The first-order valence-electron chi connectivity index (χ1n) is 6.51. The molecule has 0 bridgehead atoms. The molecule has 2 heterocycles. The number of fused-ring (bicyclic) bond motifs is 1. The molecule has 0 atom stereocenters. The molecule has 0 unspecified atom stereocenters. The first-order valence-corrected chi connectivity index (χ1v) is 6.51. The van der Waals surface area contributed by atoms with Gasteiger partial charge in [-0.3, -0.25) is 10.00 Å². The number of aromatic amines is 1. The van der Waals surface area contributed by atoms with E-state index in [2.05, 4.69) is 56.6 Å². The maximum Gasteiger partial charge on any atom is 0.0723 e. The van der Waals surface area contributed by atoms with Crippen LogP contribution in [0.3, 0.4) is 0 Å². The molecule has 1 aromatic rings. The van der Waals surface area contributed by atoms with Crippen LogP contribution < -0.4 is 0 Å². The fourth-order valence-electron chi connectivity index (χ4n) is 2.49. The number of hydrogen-bond donors (Lipinski definition) is 1. The summed E-state index contributed by atoms with van der Waals surface area (Å²) in [5, 5.41) is 7.76. The predicted molar refractivity (Wildman–Crippen MR) is 71.2 cm³/mol. The van der Waals surface area contributed by atoms with Gasteiger partial charge in [-0.25, -0.2) is 0 Å². The average molecular weight is 235 g/mol. The molecule has 17 heavy (non-hydrogen) atoms. The summed E-state index contributed by atoms with van der Waals surface area (Å²) in [5.41, 5.74) is 4.38. The van der Waals surface area contributed by atoms with Crippen molar-refractivity contribution < 1.29 is 0 Å². The molecule has 2 rings (SSSR count). The SMILES string of the molecule is CC(C)(C)c1n[nH]c2c1CN(C(C)(C)C)CC2. The summed E-state index contributed by atoms with van der Waals surface area (Å²) in [6.07, 6.45) is 1.09. The lowest BCUT2D eigenvalue weighted by Gasteiger charge is -2.38. The van der Waals surface area contributed by atoms with Gasteiger partial charge in [0.25, 0.3) is 0 Å². The summed E-state index contributed by atoms with van der Waals surface area (Å²) in [7, 11) is 0. The quantitative estimate of drug-likeness (QED) is 0.750. The van der Waals surface area contributed by atoms with Gasteiger partial charge in [-0.2, -0.15) is 5.10 Å². The van der Waals surface area contributed by atoms with Crippen molar-refractivity contribution in [3.8, 4) is 0 Å². The van der Waals surface area contributed by atoms with Crippen molar-refractivity contribution in [3.05, 3.63) is 17.0 Å². The standard InChI is InChI=1S/C14H25N3/c1-13(2,3)12-10-9-17(14(4,5)6)8-7-11(10)15-16-12/h7-9H2,1-6H3,(H,15,16). The van der Waals surface area contributed by atoms with Gasteiger partial charge in [-0.1, -0.05) is 20.8 Å². The Labute approximate surface area is 105 Å². The van der Waals surface area contributed by atoms with Crippen LogP contribution in [0.1, 0.15) is 58.5 Å². The Morgan fingerprint density at radius 2 is 1.76 bits per heavy atom. The summed E-state index contributed by atoms with van der Waals surface area (Å²) < 4.78 is 0. The first-order chi connectivity index (χ1) is 7.69. The van der Waals surface area contributed by atoms with Gasteiger partial charge in [0.1, 0.15) is 0 Å². The second kappa shape index (κ2) is 3.84. The van der Waals surface area contributed by atoms with Gasteiger partial charge in [0.15, 0.2) is 0 Å². The Morgan fingerprint density at radius 3 is 2.29 bits per heavy atom. The minimum Gasteiger partial charge on any atom is -0.294 e. The molecule has 0 radical (unpaired) electrons. The number of aromatic nitrogens is 2. The minimum atomic E-state index is 0.130. The highest BCUT2D eigenvalue weighted by Gasteiger charge is 2.31. The second-order valence-electron chi connectivity index (χ2n) is 7.12. The van der Waals surface area contributed by atoms with E-state index in [1.807, 2.05) is 0 Å². The van der Waals surface area contributed by atoms with Crippen molar-refractivity contribution in [1.82, 2.24) is 15.1 Å². The molecular formula is C14H25N3. The molecular weight excluding hydrogens is 210 g/mol. The highest BCUT2D eigenvalue weighted by molar-refractivity contribution is 5.32. The third-order valence-corrected chi connectivity index (χ3v) is 3.59. The van der Waals surface area contributed by atoms with E-state index in [4.69, 9.17) is 0 Å². The van der Waals surface area contributed by atoms with Crippen LogP contribution in [0, 0.1) is 0 Å². The molecule has 0 aliphatic carbocycles. The molecule has 1 aromatic heterocycles. The van der Waals surface area contributed by atoms with Crippen LogP contribution in [0.4, 0.5) is 0 Å². The molecule has 0 fully saturated rings. The third kappa shape index (κ3) is 2.39. The van der Waals surface area contributed by atoms with Crippen LogP contribution in [0.25, 0.3) is 0 Å². The van der Waals surface area contributed by atoms with Gasteiger partial charge in [0.05, 0.1) is 5.69 Å². The van der Waals surface area contributed by atoms with E-state index in [9.17, 15) is 0 Å². The highest BCUT2D eigenvalue weighted by Crippen LogP contribution is 2.31. The van der Waals surface area contributed by atoms with Gasteiger partial charge in [0.2, 0.25) is 0 Å². The average Bonchev–Trinajstić information content (AvgIpc) is 2.57. The largest absolute Gasteiger partial charge is 0.294 e. The molecule has 0 aromatic carbocycles. The van der Waals surface area contributed by atoms with Gasteiger partial charge in [-0.15, -0.1) is 0 Å². The predicted octanol–water partition coefficient (Wildman–Crippen LogP) is 2.86. The van der Waals surface area contributed by atoms with Crippen molar-refractivity contribution >= 4 is 0 Å². The van der Waals surface area contributed by atoms with E-state index in [0.29, 0.717) is 0 Å². The van der Waals surface area contributed by atoms with Gasteiger partial charge >= 0.3 is 0 Å². The Hall–Kier alpha value is -0.830. The summed E-state index contributed by atoms with van der Waals surface area (Å²) in [6, 6.07) is 0. The summed E-state index contributed by atoms with van der Waals surface area (Å²) in [5.74, 6) is 0. The van der Waals surface area contributed by atoms with Crippen LogP contribution in [0.5, 0.6) is 0 Å². The number of hydrogen-bond acceptors (Lipinski definition) is 2. The molecule has 1 aliphatic rings. The zero-order chi connectivity index (χ0) is 12.8. The monoisotopic (exact) mass is 235 g/mol. The van der Waals surface area contributed by atoms with Crippen LogP contribution >= 0.6 is 0 Å². The molecule has 96 valence electrons. The van der Waals surface area contributed by atoms with E-state index in [1.165, 1.54) is 17.0 Å². The van der Waals surface area contributed by atoms with E-state index < -0.39 is 0 Å². The maximum atomic E-state index is 4.53. The number of H-pyrrole nitrogens is 1. The normalized spacial score (nSPS) is 18.2. The van der Waals surface area contributed by atoms with Crippen molar-refractivity contribution in [2.24, 2.45) is 0 Å².